The highest BCUT2D eigenvalue weighted by Crippen LogP contribution is 2.14. The van der Waals surface area contributed by atoms with Gasteiger partial charge in [-0.3, -0.25) is 4.79 Å². The smallest absolute Gasteiger partial charge is 0.427 e. The van der Waals surface area contributed by atoms with Crippen molar-refractivity contribution in [3.63, 3.8) is 0 Å². The fraction of sp³-hybridized carbons (Fsp3) is 0.636. The Labute approximate surface area is 135 Å². The standard InChI is InChI=1S/C11H19BN6O3.ClH/c1-2-7-14-10(19)8-18-11(15-16-17-18)9(13)5-3-4-6-12(20)21;/h1,9,20-21H,3-8,13H2,(H,14,19);1H. The predicted molar refractivity (Wildman–Crippen MR) is 82.7 cm³/mol. The molecular formula is C11H20BClN6O3. The average molecular weight is 331 g/mol. The zero-order valence-electron chi connectivity index (χ0n) is 12.1. The third kappa shape index (κ3) is 7.37. The second kappa shape index (κ2) is 11.0. The van der Waals surface area contributed by atoms with Crippen molar-refractivity contribution in [2.75, 3.05) is 6.54 Å². The Hall–Kier alpha value is -1.67. The summed E-state index contributed by atoms with van der Waals surface area (Å²) in [7, 11) is -1.30. The first-order valence-corrected chi connectivity index (χ1v) is 6.62. The number of nitrogens with zero attached hydrogens (tertiary/aromatic N) is 4. The van der Waals surface area contributed by atoms with Gasteiger partial charge in [0.05, 0.1) is 12.6 Å². The van der Waals surface area contributed by atoms with Crippen LogP contribution in [0.1, 0.15) is 31.1 Å². The highest BCUT2D eigenvalue weighted by molar-refractivity contribution is 6.40. The van der Waals surface area contributed by atoms with E-state index in [0.29, 0.717) is 31.4 Å². The van der Waals surface area contributed by atoms with E-state index in [-0.39, 0.29) is 31.4 Å². The molecule has 1 unspecified atom stereocenters. The van der Waals surface area contributed by atoms with E-state index in [1.807, 2.05) is 0 Å². The zero-order valence-corrected chi connectivity index (χ0v) is 12.9. The summed E-state index contributed by atoms with van der Waals surface area (Å²) in [5.74, 6) is 2.42. The van der Waals surface area contributed by atoms with Crippen LogP contribution >= 0.6 is 12.4 Å². The molecule has 0 spiro atoms. The van der Waals surface area contributed by atoms with Crippen molar-refractivity contribution < 1.29 is 14.8 Å². The van der Waals surface area contributed by atoms with Gasteiger partial charge in [0, 0.05) is 0 Å². The number of terminal acetylenes is 1. The van der Waals surface area contributed by atoms with Crippen LogP contribution in [-0.2, 0) is 11.3 Å². The minimum atomic E-state index is -1.30. The highest BCUT2D eigenvalue weighted by Gasteiger charge is 2.17. The molecule has 9 nitrogen and oxygen atoms in total. The molecule has 122 valence electrons. The first-order chi connectivity index (χ1) is 10.0. The topological polar surface area (TPSA) is 139 Å². The molecule has 0 bridgehead atoms. The van der Waals surface area contributed by atoms with Gasteiger partial charge in [0.2, 0.25) is 5.91 Å². The lowest BCUT2D eigenvalue weighted by Crippen LogP contribution is -2.30. The number of aromatic nitrogens is 4. The SMILES string of the molecule is C#CCNC(=O)Cn1nnnc1C(N)CCCCB(O)O.Cl. The number of nitrogens with two attached hydrogens (primary N) is 1. The molecule has 1 rings (SSSR count). The second-order valence-electron chi connectivity index (χ2n) is 4.55. The quantitative estimate of drug-likeness (QED) is 0.245. The molecule has 0 aliphatic carbocycles. The summed E-state index contributed by atoms with van der Waals surface area (Å²) in [5, 5.41) is 31.1. The number of carbonyl (C=O) groups excluding carboxylic acids is 1. The summed E-state index contributed by atoms with van der Waals surface area (Å²) >= 11 is 0. The molecule has 0 aromatic carbocycles. The third-order valence-electron chi connectivity index (χ3n) is 2.80. The number of rotatable bonds is 9. The monoisotopic (exact) mass is 330 g/mol. The van der Waals surface area contributed by atoms with Crippen LogP contribution in [0.4, 0.5) is 0 Å². The van der Waals surface area contributed by atoms with Gasteiger partial charge in [-0.1, -0.05) is 18.8 Å². The summed E-state index contributed by atoms with van der Waals surface area (Å²) in [4.78, 5) is 11.6. The molecule has 0 saturated carbocycles. The Morgan fingerprint density at radius 3 is 2.86 bits per heavy atom. The van der Waals surface area contributed by atoms with Crippen LogP contribution in [0.3, 0.4) is 0 Å². The number of carbonyl (C=O) groups is 1. The molecule has 1 amide bonds. The number of hydrogen-bond donors (Lipinski definition) is 4. The largest absolute Gasteiger partial charge is 0.451 e. The molecule has 5 N–H and O–H groups in total. The van der Waals surface area contributed by atoms with Crippen molar-refractivity contribution in [3.05, 3.63) is 5.82 Å². The second-order valence-corrected chi connectivity index (χ2v) is 4.55. The van der Waals surface area contributed by atoms with Gasteiger partial charge in [-0.25, -0.2) is 4.68 Å². The lowest BCUT2D eigenvalue weighted by Gasteiger charge is -2.11. The number of amides is 1. The van der Waals surface area contributed by atoms with Gasteiger partial charge in [-0.05, 0) is 23.2 Å². The summed E-state index contributed by atoms with van der Waals surface area (Å²) in [5.41, 5.74) is 5.98. The summed E-state index contributed by atoms with van der Waals surface area (Å²) in [6, 6.07) is -0.420. The minimum Gasteiger partial charge on any atom is -0.427 e. The Kier molecular flexibility index (Phi) is 10.1. The van der Waals surface area contributed by atoms with Gasteiger partial charge in [0.1, 0.15) is 6.54 Å². The normalized spacial score (nSPS) is 11.2. The number of hydrogen-bond acceptors (Lipinski definition) is 7. The zero-order chi connectivity index (χ0) is 15.7. The minimum absolute atomic E-state index is 0. The van der Waals surface area contributed by atoms with Crippen molar-refractivity contribution in [1.29, 1.82) is 0 Å². The van der Waals surface area contributed by atoms with Gasteiger partial charge >= 0.3 is 7.12 Å². The van der Waals surface area contributed by atoms with Crippen LogP contribution in [0.25, 0.3) is 0 Å². The van der Waals surface area contributed by atoms with Gasteiger partial charge in [0.15, 0.2) is 5.82 Å². The van der Waals surface area contributed by atoms with E-state index in [9.17, 15) is 4.79 Å². The van der Waals surface area contributed by atoms with E-state index in [1.165, 1.54) is 4.68 Å². The van der Waals surface area contributed by atoms with Crippen LogP contribution in [-0.4, -0.2) is 49.8 Å². The maximum atomic E-state index is 11.6. The highest BCUT2D eigenvalue weighted by atomic mass is 35.5. The van der Waals surface area contributed by atoms with Gasteiger partial charge in [0.25, 0.3) is 0 Å². The number of tetrazole rings is 1. The first-order valence-electron chi connectivity index (χ1n) is 6.62. The summed E-state index contributed by atoms with van der Waals surface area (Å²) < 4.78 is 1.33. The van der Waals surface area contributed by atoms with Crippen molar-refractivity contribution in [1.82, 2.24) is 25.5 Å². The first kappa shape index (κ1) is 20.3. The van der Waals surface area contributed by atoms with E-state index in [1.54, 1.807) is 0 Å². The van der Waals surface area contributed by atoms with Crippen LogP contribution in [0.2, 0.25) is 6.32 Å². The van der Waals surface area contributed by atoms with E-state index in [2.05, 4.69) is 26.8 Å². The van der Waals surface area contributed by atoms with Crippen molar-refractivity contribution >= 4 is 25.4 Å². The van der Waals surface area contributed by atoms with Gasteiger partial charge in [-0.15, -0.1) is 23.9 Å². The summed E-state index contributed by atoms with van der Waals surface area (Å²) in [6.07, 6.45) is 7.27. The molecule has 1 heterocycles. The average Bonchev–Trinajstić information content (AvgIpc) is 2.89. The van der Waals surface area contributed by atoms with Crippen LogP contribution in [0, 0.1) is 12.3 Å². The Morgan fingerprint density at radius 1 is 1.50 bits per heavy atom. The molecule has 1 atom stereocenters. The Morgan fingerprint density at radius 2 is 2.23 bits per heavy atom. The lowest BCUT2D eigenvalue weighted by molar-refractivity contribution is -0.121. The predicted octanol–water partition coefficient (Wildman–Crippen LogP) is -1.51. The summed E-state index contributed by atoms with van der Waals surface area (Å²) in [6.45, 7) is 0.0961. The molecule has 0 saturated heterocycles. The van der Waals surface area contributed by atoms with E-state index in [0.717, 1.165) is 0 Å². The fourth-order valence-electron chi connectivity index (χ4n) is 1.75. The van der Waals surface area contributed by atoms with Crippen molar-refractivity contribution in [2.24, 2.45) is 5.73 Å². The molecule has 0 radical (unpaired) electrons. The lowest BCUT2D eigenvalue weighted by atomic mass is 9.83. The van der Waals surface area contributed by atoms with Crippen LogP contribution < -0.4 is 11.1 Å². The van der Waals surface area contributed by atoms with Crippen LogP contribution in [0.15, 0.2) is 0 Å². The van der Waals surface area contributed by atoms with E-state index < -0.39 is 13.2 Å². The van der Waals surface area contributed by atoms with E-state index >= 15 is 0 Å². The molecule has 1 aromatic heterocycles. The van der Waals surface area contributed by atoms with Gasteiger partial charge in [-0.2, -0.15) is 0 Å². The third-order valence-corrected chi connectivity index (χ3v) is 2.80. The molecule has 0 aliphatic heterocycles. The fourth-order valence-corrected chi connectivity index (χ4v) is 1.75. The van der Waals surface area contributed by atoms with Gasteiger partial charge < -0.3 is 21.1 Å². The number of nitrogens with one attached hydrogen (secondary N) is 1. The number of unbranched alkanes of at least 4 members (excludes halogenated alkanes) is 1. The Bertz CT molecular complexity index is 492. The van der Waals surface area contributed by atoms with Crippen molar-refractivity contribution in [3.8, 4) is 12.3 Å². The molecule has 1 aromatic rings. The van der Waals surface area contributed by atoms with Crippen LogP contribution in [0.5, 0.6) is 0 Å². The maximum absolute atomic E-state index is 11.6. The molecule has 0 fully saturated rings. The molecule has 11 heteroatoms. The molecule has 0 aliphatic rings. The Balaban J connectivity index is 0.00000441. The number of halogens is 1. The van der Waals surface area contributed by atoms with E-state index in [4.69, 9.17) is 22.2 Å². The molecular weight excluding hydrogens is 310 g/mol. The van der Waals surface area contributed by atoms with Crippen molar-refractivity contribution in [2.45, 2.75) is 38.2 Å². The molecule has 22 heavy (non-hydrogen) atoms. The maximum Gasteiger partial charge on any atom is 0.451 e.